The van der Waals surface area contributed by atoms with Gasteiger partial charge in [0, 0.05) is 28.4 Å². The summed E-state index contributed by atoms with van der Waals surface area (Å²) in [6.07, 6.45) is 1.08. The summed E-state index contributed by atoms with van der Waals surface area (Å²) < 4.78 is 0. The van der Waals surface area contributed by atoms with E-state index in [0.717, 1.165) is 35.0 Å². The zero-order valence-corrected chi connectivity index (χ0v) is 14.3. The van der Waals surface area contributed by atoms with E-state index in [0.29, 0.717) is 12.7 Å². The average Bonchev–Trinajstić information content (AvgIpc) is 3.18. The molecule has 4 heteroatoms. The highest BCUT2D eigenvalue weighted by Gasteiger charge is 2.33. The quantitative estimate of drug-likeness (QED) is 0.692. The Labute approximate surface area is 145 Å². The molecule has 2 aromatic carbocycles. The predicted molar refractivity (Wildman–Crippen MR) is 98.8 cm³/mol. The number of nitrogens with zero attached hydrogens (tertiary/aromatic N) is 2. The van der Waals surface area contributed by atoms with E-state index in [9.17, 15) is 4.79 Å². The van der Waals surface area contributed by atoms with Crippen molar-refractivity contribution >= 4 is 33.7 Å². The fourth-order valence-corrected chi connectivity index (χ4v) is 5.02. The van der Waals surface area contributed by atoms with Crippen LogP contribution in [0.15, 0.2) is 47.8 Å². The third-order valence-corrected chi connectivity index (χ3v) is 6.37. The highest BCUT2D eigenvalue weighted by Crippen LogP contribution is 2.39. The maximum absolute atomic E-state index is 13.0. The van der Waals surface area contributed by atoms with Gasteiger partial charge in [-0.1, -0.05) is 24.3 Å². The van der Waals surface area contributed by atoms with Crippen LogP contribution in [0.5, 0.6) is 0 Å². The third-order valence-electron chi connectivity index (χ3n) is 5.38. The van der Waals surface area contributed by atoms with Crippen LogP contribution in [-0.4, -0.2) is 24.0 Å². The Morgan fingerprint density at radius 1 is 1.17 bits per heavy atom. The summed E-state index contributed by atoms with van der Waals surface area (Å²) in [5.41, 5.74) is 3.31. The molecule has 3 aromatic rings. The molecule has 0 saturated heterocycles. The van der Waals surface area contributed by atoms with Crippen LogP contribution in [-0.2, 0) is 6.42 Å². The fourth-order valence-electron chi connectivity index (χ4n) is 4.06. The molecule has 0 saturated carbocycles. The highest BCUT2D eigenvalue weighted by atomic mass is 32.1. The summed E-state index contributed by atoms with van der Waals surface area (Å²) in [5, 5.41) is 4.43. The van der Waals surface area contributed by atoms with Gasteiger partial charge in [-0.25, -0.2) is 0 Å². The molecular weight excluding hydrogens is 316 g/mol. The lowest BCUT2D eigenvalue weighted by Gasteiger charge is -2.36. The van der Waals surface area contributed by atoms with Crippen molar-refractivity contribution in [3.05, 3.63) is 63.8 Å². The molecule has 0 bridgehead atoms. The van der Waals surface area contributed by atoms with E-state index in [1.165, 1.54) is 10.4 Å². The maximum Gasteiger partial charge on any atom is 0.260 e. The topological polar surface area (TPSA) is 23.6 Å². The molecule has 24 heavy (non-hydrogen) atoms. The fraction of sp³-hybridized carbons (Fsp3) is 0.250. The van der Waals surface area contributed by atoms with Gasteiger partial charge in [-0.2, -0.15) is 0 Å². The summed E-state index contributed by atoms with van der Waals surface area (Å²) in [6.45, 7) is 3.91. The monoisotopic (exact) mass is 334 g/mol. The number of fused-ring (bicyclic) bond motifs is 1. The molecule has 2 aliphatic rings. The number of hydrogen-bond acceptors (Lipinski definition) is 3. The van der Waals surface area contributed by atoms with Crippen molar-refractivity contribution in [2.24, 2.45) is 0 Å². The number of thiophene rings is 1. The van der Waals surface area contributed by atoms with Gasteiger partial charge in [0.05, 0.1) is 12.4 Å². The second kappa shape index (κ2) is 5.16. The summed E-state index contributed by atoms with van der Waals surface area (Å²) in [7, 11) is 0. The van der Waals surface area contributed by atoms with Crippen LogP contribution in [0.3, 0.4) is 0 Å². The van der Waals surface area contributed by atoms with Gasteiger partial charge in [0.15, 0.2) is 0 Å². The lowest BCUT2D eigenvalue weighted by Crippen LogP contribution is -2.43. The lowest BCUT2D eigenvalue weighted by atomic mass is 10.0. The van der Waals surface area contributed by atoms with Crippen LogP contribution < -0.4 is 4.90 Å². The minimum absolute atomic E-state index is 0.130. The molecule has 0 aliphatic carbocycles. The number of hydrogen-bond donors (Lipinski definition) is 0. The van der Waals surface area contributed by atoms with E-state index >= 15 is 0 Å². The van der Waals surface area contributed by atoms with Gasteiger partial charge in [0.25, 0.3) is 5.91 Å². The molecule has 1 aromatic heterocycles. The molecule has 5 rings (SSSR count). The first kappa shape index (κ1) is 14.2. The summed E-state index contributed by atoms with van der Waals surface area (Å²) in [6, 6.07) is 14.8. The van der Waals surface area contributed by atoms with Crippen molar-refractivity contribution in [2.45, 2.75) is 19.4 Å². The molecule has 3 heterocycles. The molecule has 1 atom stereocenters. The molecule has 1 amide bonds. The molecule has 2 aliphatic heterocycles. The van der Waals surface area contributed by atoms with Gasteiger partial charge in [-0.05, 0) is 47.9 Å². The minimum Gasteiger partial charge on any atom is -0.294 e. The second-order valence-corrected chi connectivity index (χ2v) is 7.59. The molecule has 0 fully saturated rings. The van der Waals surface area contributed by atoms with Crippen molar-refractivity contribution in [1.82, 2.24) is 4.90 Å². The number of benzene rings is 2. The van der Waals surface area contributed by atoms with Crippen molar-refractivity contribution in [1.29, 1.82) is 0 Å². The predicted octanol–water partition coefficient (Wildman–Crippen LogP) is 4.44. The standard InChI is InChI=1S/C20H18N2OS/c1-13-15-9-11-24-18(15)8-10-21(13)12-22-17-7-3-5-14-4-2-6-16(19(14)17)20(22)23/h2-7,9,11,13H,8,10,12H2,1H3/t13-/m0/s1. The van der Waals surface area contributed by atoms with Crippen LogP contribution in [0, 0.1) is 0 Å². The van der Waals surface area contributed by atoms with Gasteiger partial charge in [-0.15, -0.1) is 11.3 Å². The molecule has 120 valence electrons. The van der Waals surface area contributed by atoms with Crippen LogP contribution in [0.4, 0.5) is 5.69 Å². The Kier molecular flexibility index (Phi) is 3.05. The van der Waals surface area contributed by atoms with E-state index in [-0.39, 0.29) is 5.91 Å². The second-order valence-electron chi connectivity index (χ2n) is 6.59. The third kappa shape index (κ3) is 1.90. The first-order chi connectivity index (χ1) is 11.7. The first-order valence-electron chi connectivity index (χ1n) is 8.38. The number of amides is 1. The zero-order chi connectivity index (χ0) is 16.3. The first-order valence-corrected chi connectivity index (χ1v) is 9.26. The van der Waals surface area contributed by atoms with Crippen LogP contribution in [0.1, 0.15) is 33.8 Å². The number of carbonyl (C=O) groups is 1. The maximum atomic E-state index is 13.0. The Balaban J connectivity index is 1.51. The van der Waals surface area contributed by atoms with E-state index in [1.54, 1.807) is 0 Å². The normalized spacial score (nSPS) is 20.0. The average molecular weight is 334 g/mol. The Morgan fingerprint density at radius 2 is 2.00 bits per heavy atom. The molecule has 0 radical (unpaired) electrons. The van der Waals surface area contributed by atoms with Crippen molar-refractivity contribution in [2.75, 3.05) is 18.1 Å². The molecule has 3 nitrogen and oxygen atoms in total. The van der Waals surface area contributed by atoms with E-state index < -0.39 is 0 Å². The highest BCUT2D eigenvalue weighted by molar-refractivity contribution is 7.10. The Morgan fingerprint density at radius 3 is 2.88 bits per heavy atom. The Hall–Kier alpha value is -2.17. The molecule has 0 unspecified atom stereocenters. The van der Waals surface area contributed by atoms with Gasteiger partial charge in [0.2, 0.25) is 0 Å². The number of anilines is 1. The summed E-state index contributed by atoms with van der Waals surface area (Å²) >= 11 is 1.85. The van der Waals surface area contributed by atoms with Gasteiger partial charge >= 0.3 is 0 Å². The van der Waals surface area contributed by atoms with E-state index in [2.05, 4.69) is 41.5 Å². The lowest BCUT2D eigenvalue weighted by molar-refractivity contribution is 0.0960. The van der Waals surface area contributed by atoms with Gasteiger partial charge in [0.1, 0.15) is 0 Å². The molecular formula is C20H18N2OS. The van der Waals surface area contributed by atoms with Gasteiger partial charge < -0.3 is 0 Å². The van der Waals surface area contributed by atoms with Crippen molar-refractivity contribution < 1.29 is 4.79 Å². The Bertz CT molecular complexity index is 956. The molecule has 0 N–H and O–H groups in total. The van der Waals surface area contributed by atoms with Crippen LogP contribution in [0.2, 0.25) is 0 Å². The summed E-state index contributed by atoms with van der Waals surface area (Å²) in [4.78, 5) is 18.8. The van der Waals surface area contributed by atoms with Crippen LogP contribution in [0.25, 0.3) is 10.8 Å². The molecule has 0 spiro atoms. The van der Waals surface area contributed by atoms with E-state index in [4.69, 9.17) is 0 Å². The number of carbonyl (C=O) groups excluding carboxylic acids is 1. The summed E-state index contributed by atoms with van der Waals surface area (Å²) in [5.74, 6) is 0.130. The SMILES string of the molecule is C[C@H]1c2ccsc2CCN1CN1C(=O)c2cccc3cccc1c23. The van der Waals surface area contributed by atoms with Crippen molar-refractivity contribution in [3.8, 4) is 0 Å². The zero-order valence-electron chi connectivity index (χ0n) is 13.5. The van der Waals surface area contributed by atoms with Gasteiger partial charge in [-0.3, -0.25) is 14.6 Å². The van der Waals surface area contributed by atoms with Crippen LogP contribution >= 0.6 is 11.3 Å². The van der Waals surface area contributed by atoms with Crippen molar-refractivity contribution in [3.63, 3.8) is 0 Å². The number of rotatable bonds is 2. The largest absolute Gasteiger partial charge is 0.294 e. The van der Waals surface area contributed by atoms with E-state index in [1.807, 2.05) is 34.4 Å². The minimum atomic E-state index is 0.130. The smallest absolute Gasteiger partial charge is 0.260 e.